The molecule has 6 N–H and O–H groups in total. The van der Waals surface area contributed by atoms with E-state index < -0.39 is 0 Å². The minimum absolute atomic E-state index is 0.0735. The van der Waals surface area contributed by atoms with Crippen molar-refractivity contribution in [2.75, 3.05) is 84.9 Å². The monoisotopic (exact) mass is 1590 g/mol. The molecule has 0 saturated carbocycles. The lowest BCUT2D eigenvalue weighted by atomic mass is 9.90. The summed E-state index contributed by atoms with van der Waals surface area (Å²) >= 11 is 39.5. The van der Waals surface area contributed by atoms with E-state index in [4.69, 9.17) is 108 Å². The first-order valence-corrected chi connectivity index (χ1v) is 36.1. The van der Waals surface area contributed by atoms with E-state index in [2.05, 4.69) is 81.5 Å². The minimum atomic E-state index is -0.358. The Labute approximate surface area is 654 Å². The molecule has 6 atom stereocenters. The second-order valence-corrected chi connectivity index (χ2v) is 28.7. The Kier molecular flexibility index (Phi) is 26.3. The molecule has 31 heteroatoms. The normalized spacial score (nSPS) is 18.3. The highest BCUT2D eigenvalue weighted by Gasteiger charge is 2.40. The number of fused-ring (bicyclic) bond motifs is 3. The Morgan fingerprint density at radius 3 is 0.991 bits per heavy atom. The van der Waals surface area contributed by atoms with Crippen molar-refractivity contribution in [3.8, 4) is 67.9 Å². The molecule has 3 saturated heterocycles. The zero-order valence-corrected chi connectivity index (χ0v) is 65.6. The highest BCUT2D eigenvalue weighted by atomic mass is 35.5. The first kappa shape index (κ1) is 80.8. The summed E-state index contributed by atoms with van der Waals surface area (Å²) < 4.78 is 44.2. The lowest BCUT2D eigenvalue weighted by Crippen LogP contribution is -2.56. The van der Waals surface area contributed by atoms with Gasteiger partial charge in [-0.05, 0) is 112 Å². The summed E-state index contributed by atoms with van der Waals surface area (Å²) in [5, 5.41) is 23.3. The Hall–Kier alpha value is -9.70. The number of nitrogens with zero attached hydrogens (tertiary/aromatic N) is 7. The molecule has 568 valence electrons. The van der Waals surface area contributed by atoms with Crippen molar-refractivity contribution in [3.05, 3.63) is 159 Å². The van der Waals surface area contributed by atoms with Crippen molar-refractivity contribution < 1.29 is 57.1 Å². The third-order valence-corrected chi connectivity index (χ3v) is 20.5. The zero-order valence-electron chi connectivity index (χ0n) is 61.0. The molecule has 25 nitrogen and oxygen atoms in total. The van der Waals surface area contributed by atoms with Crippen LogP contribution >= 0.6 is 69.6 Å². The number of hydrogen-bond donors (Lipinski definition) is 6. The van der Waals surface area contributed by atoms with E-state index >= 15 is 0 Å². The molecule has 6 heterocycles. The highest BCUT2D eigenvalue weighted by molar-refractivity contribution is 6.42. The Morgan fingerprint density at radius 2 is 0.713 bits per heavy atom. The Morgan fingerprint density at radius 1 is 0.435 bits per heavy atom. The van der Waals surface area contributed by atoms with Crippen LogP contribution in [0.2, 0.25) is 30.1 Å². The van der Waals surface area contributed by atoms with Gasteiger partial charge in [-0.2, -0.15) is 0 Å². The molecule has 108 heavy (non-hydrogen) atoms. The molecule has 3 aliphatic rings. The number of benzene rings is 6. The number of carbonyl (C=O) groups is 4. The van der Waals surface area contributed by atoms with Crippen LogP contribution in [-0.4, -0.2) is 175 Å². The molecule has 3 fully saturated rings. The third kappa shape index (κ3) is 18.7. The molecule has 3 aliphatic heterocycles. The van der Waals surface area contributed by atoms with Gasteiger partial charge < -0.3 is 74.7 Å². The van der Waals surface area contributed by atoms with Crippen molar-refractivity contribution in [3.63, 3.8) is 0 Å². The van der Waals surface area contributed by atoms with Gasteiger partial charge in [0, 0.05) is 89.7 Å². The van der Waals surface area contributed by atoms with Crippen LogP contribution in [0.25, 0.3) is 66.1 Å². The fraction of sp³-hybridized carbons (Fsp3) is 0.325. The fourth-order valence-electron chi connectivity index (χ4n) is 12.7. The average molecular weight is 1590 g/mol. The van der Waals surface area contributed by atoms with Gasteiger partial charge in [-0.1, -0.05) is 108 Å². The molecule has 2 unspecified atom stereocenters. The number of likely N-dealkylation sites (tertiary alicyclic amines) is 1. The topological polar surface area (TPSA) is 295 Å². The smallest absolute Gasteiger partial charge is 0.243 e. The first-order valence-electron chi connectivity index (χ1n) is 33.8. The summed E-state index contributed by atoms with van der Waals surface area (Å²) in [5.41, 5.74) is 5.49. The number of ether oxygens (including phenoxy) is 8. The predicted molar refractivity (Wildman–Crippen MR) is 424 cm³/mol. The van der Waals surface area contributed by atoms with Crippen LogP contribution < -0.4 is 60.3 Å². The lowest BCUT2D eigenvalue weighted by Gasteiger charge is -2.41. The number of anilines is 3. The summed E-state index contributed by atoms with van der Waals surface area (Å²) in [6, 6.07) is 20.5. The van der Waals surface area contributed by atoms with Crippen LogP contribution in [0.3, 0.4) is 0 Å². The van der Waals surface area contributed by atoms with E-state index in [-0.39, 0.29) is 71.1 Å². The van der Waals surface area contributed by atoms with E-state index in [1.54, 1.807) is 41.7 Å². The van der Waals surface area contributed by atoms with Gasteiger partial charge in [0.15, 0.2) is 0 Å². The average Bonchev–Trinajstić information content (AvgIpc) is 0.892. The van der Waals surface area contributed by atoms with E-state index in [0.717, 1.165) is 43.9 Å². The molecular formula is C77H81Cl6N13O12. The van der Waals surface area contributed by atoms with Gasteiger partial charge in [-0.3, -0.25) is 19.2 Å². The molecule has 0 radical (unpaired) electrons. The minimum Gasteiger partial charge on any atom is -0.495 e. The molecule has 12 rings (SSSR count). The number of rotatable bonds is 21. The number of nitrogens with one attached hydrogen (secondary N) is 6. The molecule has 9 aromatic rings. The summed E-state index contributed by atoms with van der Waals surface area (Å²) in [4.78, 5) is 76.8. The molecular weight excluding hydrogens is 1510 g/mol. The second-order valence-electron chi connectivity index (χ2n) is 26.4. The maximum Gasteiger partial charge on any atom is 0.243 e. The number of halogens is 6. The maximum absolute atomic E-state index is 12.0. The quantitative estimate of drug-likeness (QED) is 0.0364. The van der Waals surface area contributed by atoms with E-state index in [1.807, 2.05) is 82.3 Å². The highest BCUT2D eigenvalue weighted by Crippen LogP contribution is 2.50. The lowest BCUT2D eigenvalue weighted by molar-refractivity contribution is -0.128. The first-order chi connectivity index (χ1) is 51.5. The van der Waals surface area contributed by atoms with Gasteiger partial charge in [0.25, 0.3) is 0 Å². The summed E-state index contributed by atoms with van der Waals surface area (Å²) in [6.07, 6.45) is 10.1. The van der Waals surface area contributed by atoms with E-state index in [1.165, 1.54) is 67.8 Å². The maximum atomic E-state index is 12.0. The van der Waals surface area contributed by atoms with Crippen LogP contribution in [-0.2, 0) is 28.7 Å². The van der Waals surface area contributed by atoms with Crippen LogP contribution in [0.5, 0.6) is 34.5 Å². The van der Waals surface area contributed by atoms with Crippen LogP contribution in [0.1, 0.15) is 47.5 Å². The van der Waals surface area contributed by atoms with Gasteiger partial charge in [-0.25, -0.2) is 29.9 Å². The number of amides is 4. The largest absolute Gasteiger partial charge is 0.495 e. The SMILES string of the molecule is C=CC(=O)NC1CN(C(C)=O)CC1Nc1ncc2cc(-c3c(Cl)c(OC)cc(OC)c3Cl)ccc2n1.C=CC(=O)N[C@@H]1CC(C)(C)OC[C@@H]1Nc1ncc2cc(-c3c(Cl)c(OC)cc(OC)c3Cl)ccc2n1.C=CC(=O)N[C@H]1CC(C)(C)OC[C@H]1Nc1ncc2cc(-c3c(Cl)c(OC)cc(OC)c3Cl)ccc2n1. The van der Waals surface area contributed by atoms with Crippen molar-refractivity contribution in [2.45, 2.75) is 94.9 Å². The van der Waals surface area contributed by atoms with Crippen molar-refractivity contribution >= 4 is 144 Å². The van der Waals surface area contributed by atoms with Crippen molar-refractivity contribution in [1.29, 1.82) is 0 Å². The molecule has 6 aromatic carbocycles. The van der Waals surface area contributed by atoms with E-state index in [0.29, 0.717) is 144 Å². The summed E-state index contributed by atoms with van der Waals surface area (Å²) in [6.45, 7) is 21.6. The Bertz CT molecular complexity index is 4650. The zero-order chi connectivity index (χ0) is 78.1. The standard InChI is InChI=1S/2C26H28Cl2N4O4.C25H25Cl2N5O4/c2*1-6-21(33)30-17-11-26(2,3)36-13-18(17)32-25-29-12-15-9-14(7-8-16(15)31-25)22-23(27)19(34-4)10-20(35-5)24(22)28;1-5-21(34)29-17-11-32(13(2)33)12-18(17)31-25-28-10-15-8-14(6-7-16(15)30-25)22-23(26)19(35-3)9-20(36-4)24(22)27/h2*6-10,12,17-18H,1,11,13H2,2-5H3,(H,30,33)(H,29,31,32);5-10,17-18H,1,11-12H2,2-4H3,(H,29,34)(H,28,30,31)/t2*17-,18+;/m10./s1. The molecule has 0 aliphatic carbocycles. The molecule has 0 spiro atoms. The molecule has 0 bridgehead atoms. The summed E-state index contributed by atoms with van der Waals surface area (Å²) in [7, 11) is 9.18. The summed E-state index contributed by atoms with van der Waals surface area (Å²) in [5.74, 6) is 3.11. The van der Waals surface area contributed by atoms with Crippen LogP contribution in [0.4, 0.5) is 17.8 Å². The second kappa shape index (κ2) is 35.1. The number of aromatic nitrogens is 6. The van der Waals surface area contributed by atoms with Gasteiger partial charge in [-0.15, -0.1) is 0 Å². The van der Waals surface area contributed by atoms with Gasteiger partial charge in [0.2, 0.25) is 41.5 Å². The number of carbonyl (C=O) groups excluding carboxylic acids is 4. The van der Waals surface area contributed by atoms with Crippen LogP contribution in [0.15, 0.2) is 129 Å². The fourth-order valence-corrected chi connectivity index (χ4v) is 14.8. The van der Waals surface area contributed by atoms with Gasteiger partial charge >= 0.3 is 0 Å². The molecule has 3 aromatic heterocycles. The number of methoxy groups -OCH3 is 6. The Balaban J connectivity index is 0.000000173. The third-order valence-electron chi connectivity index (χ3n) is 18.3. The van der Waals surface area contributed by atoms with E-state index in [9.17, 15) is 19.2 Å². The predicted octanol–water partition coefficient (Wildman–Crippen LogP) is 14.5. The van der Waals surface area contributed by atoms with Crippen LogP contribution in [0, 0.1) is 0 Å². The van der Waals surface area contributed by atoms with Gasteiger partial charge in [0.05, 0.1) is 150 Å². The van der Waals surface area contributed by atoms with Crippen molar-refractivity contribution in [2.24, 2.45) is 0 Å². The molecule has 4 amide bonds. The number of hydrogen-bond acceptors (Lipinski definition) is 21. The van der Waals surface area contributed by atoms with Gasteiger partial charge in [0.1, 0.15) is 34.5 Å². The van der Waals surface area contributed by atoms with Crippen molar-refractivity contribution in [1.82, 2.24) is 50.8 Å².